The minimum Gasteiger partial charge on any atom is -0.493 e. The van der Waals surface area contributed by atoms with Crippen molar-refractivity contribution in [3.05, 3.63) is 92.4 Å². The van der Waals surface area contributed by atoms with E-state index in [9.17, 15) is 14.7 Å². The minimum absolute atomic E-state index is 0.00113. The highest BCUT2D eigenvalue weighted by Crippen LogP contribution is 2.31. The van der Waals surface area contributed by atoms with E-state index in [0.717, 1.165) is 21.9 Å². The number of amides is 1. The van der Waals surface area contributed by atoms with Crippen LogP contribution in [0.5, 0.6) is 5.88 Å². The molecule has 0 fully saturated rings. The Balaban J connectivity index is 1.88. The number of aromatic nitrogens is 2. The third kappa shape index (κ3) is 4.67. The normalized spacial score (nSPS) is 12.9. The maximum Gasteiger partial charge on any atom is 0.258 e. The third-order valence-corrected chi connectivity index (χ3v) is 5.08. The van der Waals surface area contributed by atoms with E-state index in [1.807, 2.05) is 61.5 Å². The van der Waals surface area contributed by atoms with Crippen molar-refractivity contribution in [3.8, 4) is 5.88 Å². The molecule has 0 saturated carbocycles. The average Bonchev–Trinajstić information content (AvgIpc) is 2.68. The summed E-state index contributed by atoms with van der Waals surface area (Å²) in [5.41, 5.74) is 1.33. The van der Waals surface area contributed by atoms with Gasteiger partial charge in [0, 0.05) is 16.8 Å². The topological polar surface area (TPSA) is 95.1 Å². The van der Waals surface area contributed by atoms with Gasteiger partial charge in [0.25, 0.3) is 5.56 Å². The molecule has 0 spiro atoms. The number of carbonyl (C=O) groups is 1. The molecule has 0 aliphatic heterocycles. The van der Waals surface area contributed by atoms with Crippen molar-refractivity contribution in [1.29, 1.82) is 0 Å². The zero-order valence-electron chi connectivity index (χ0n) is 15.2. The Hall–Kier alpha value is -2.93. The van der Waals surface area contributed by atoms with Crippen molar-refractivity contribution in [2.24, 2.45) is 0 Å². The molecule has 144 valence electrons. The van der Waals surface area contributed by atoms with Gasteiger partial charge in [0.1, 0.15) is 0 Å². The molecule has 3 N–H and O–H groups in total. The SMILES string of the molecule is C[C@H](NC(=O)CC(c1ccc(Br)cc1)c1c(O)nc[nH]c1=O)c1ccccc1. The first-order valence-electron chi connectivity index (χ1n) is 8.82. The summed E-state index contributed by atoms with van der Waals surface area (Å²) in [5.74, 6) is -1.24. The first-order valence-corrected chi connectivity index (χ1v) is 9.61. The molecule has 3 rings (SSSR count). The minimum atomic E-state index is -0.631. The maximum atomic E-state index is 12.7. The van der Waals surface area contributed by atoms with E-state index in [1.54, 1.807) is 0 Å². The molecule has 2 aromatic carbocycles. The fraction of sp³-hybridized carbons (Fsp3) is 0.190. The summed E-state index contributed by atoms with van der Waals surface area (Å²) in [6.45, 7) is 1.90. The molecule has 28 heavy (non-hydrogen) atoms. The van der Waals surface area contributed by atoms with Gasteiger partial charge < -0.3 is 15.4 Å². The largest absolute Gasteiger partial charge is 0.493 e. The molecule has 0 saturated heterocycles. The van der Waals surface area contributed by atoms with Crippen LogP contribution in [0.2, 0.25) is 0 Å². The van der Waals surface area contributed by atoms with Crippen molar-refractivity contribution in [3.63, 3.8) is 0 Å². The Bertz CT molecular complexity index is 1000. The predicted octanol–water partition coefficient (Wildman–Crippen LogP) is 3.64. The molecule has 6 nitrogen and oxygen atoms in total. The lowest BCUT2D eigenvalue weighted by molar-refractivity contribution is -0.121. The number of hydrogen-bond donors (Lipinski definition) is 3. The Kier molecular flexibility index (Phi) is 6.26. The monoisotopic (exact) mass is 441 g/mol. The van der Waals surface area contributed by atoms with E-state index in [1.165, 1.54) is 0 Å². The number of H-pyrrole nitrogens is 1. The van der Waals surface area contributed by atoms with Crippen LogP contribution in [0, 0.1) is 0 Å². The summed E-state index contributed by atoms with van der Waals surface area (Å²) in [4.78, 5) is 31.3. The fourth-order valence-corrected chi connectivity index (χ4v) is 3.37. The van der Waals surface area contributed by atoms with Crippen molar-refractivity contribution in [1.82, 2.24) is 15.3 Å². The number of nitrogens with zero attached hydrogens (tertiary/aromatic N) is 1. The molecule has 0 aliphatic carbocycles. The second kappa shape index (κ2) is 8.84. The summed E-state index contributed by atoms with van der Waals surface area (Å²) in [7, 11) is 0. The van der Waals surface area contributed by atoms with Crippen LogP contribution < -0.4 is 10.9 Å². The van der Waals surface area contributed by atoms with E-state index in [-0.39, 0.29) is 29.8 Å². The molecule has 1 heterocycles. The van der Waals surface area contributed by atoms with Gasteiger partial charge in [-0.05, 0) is 30.2 Å². The zero-order chi connectivity index (χ0) is 20.1. The number of carbonyl (C=O) groups excluding carboxylic acids is 1. The van der Waals surface area contributed by atoms with Crippen LogP contribution in [0.15, 0.2) is 70.2 Å². The number of nitrogens with one attached hydrogen (secondary N) is 2. The number of aromatic hydroxyl groups is 1. The highest BCUT2D eigenvalue weighted by Gasteiger charge is 2.25. The average molecular weight is 442 g/mol. The fourth-order valence-electron chi connectivity index (χ4n) is 3.11. The number of halogens is 1. The van der Waals surface area contributed by atoms with Crippen molar-refractivity contribution in [2.45, 2.75) is 25.3 Å². The molecule has 1 aromatic heterocycles. The second-order valence-electron chi connectivity index (χ2n) is 6.48. The van der Waals surface area contributed by atoms with Crippen LogP contribution in [0.4, 0.5) is 0 Å². The van der Waals surface area contributed by atoms with Crippen LogP contribution in [0.3, 0.4) is 0 Å². The quantitative estimate of drug-likeness (QED) is 0.543. The van der Waals surface area contributed by atoms with E-state index in [4.69, 9.17) is 0 Å². The number of benzene rings is 2. The standard InChI is InChI=1S/C21H20BrN3O3/c1-13(14-5-3-2-4-6-14)25-18(26)11-17(15-7-9-16(22)10-8-15)19-20(27)23-12-24-21(19)28/h2-10,12-13,17H,11H2,1H3,(H,25,26)(H2,23,24,27,28)/t13-,17?/m0/s1. The summed E-state index contributed by atoms with van der Waals surface area (Å²) in [6.07, 6.45) is 1.14. The van der Waals surface area contributed by atoms with E-state index < -0.39 is 11.5 Å². The highest BCUT2D eigenvalue weighted by atomic mass is 79.9. The predicted molar refractivity (Wildman–Crippen MR) is 110 cm³/mol. The van der Waals surface area contributed by atoms with Crippen LogP contribution in [-0.2, 0) is 4.79 Å². The van der Waals surface area contributed by atoms with Gasteiger partial charge in [-0.2, -0.15) is 0 Å². The van der Waals surface area contributed by atoms with Gasteiger partial charge in [-0.3, -0.25) is 9.59 Å². The summed E-state index contributed by atoms with van der Waals surface area (Å²) >= 11 is 3.38. The van der Waals surface area contributed by atoms with Crippen LogP contribution in [-0.4, -0.2) is 21.0 Å². The summed E-state index contributed by atoms with van der Waals surface area (Å²) in [5, 5.41) is 13.1. The van der Waals surface area contributed by atoms with Crippen LogP contribution in [0.25, 0.3) is 0 Å². The molecule has 0 bridgehead atoms. The molecule has 1 amide bonds. The molecule has 2 atom stereocenters. The van der Waals surface area contributed by atoms with Gasteiger partial charge in [-0.15, -0.1) is 0 Å². The Labute approximate surface area is 170 Å². The van der Waals surface area contributed by atoms with Crippen molar-refractivity contribution in [2.75, 3.05) is 0 Å². The molecule has 0 radical (unpaired) electrons. The molecule has 7 heteroatoms. The van der Waals surface area contributed by atoms with Gasteiger partial charge in [0.15, 0.2) is 0 Å². The summed E-state index contributed by atoms with van der Waals surface area (Å²) in [6, 6.07) is 16.7. The van der Waals surface area contributed by atoms with Gasteiger partial charge in [0.2, 0.25) is 11.8 Å². The van der Waals surface area contributed by atoms with Crippen LogP contribution >= 0.6 is 15.9 Å². The number of rotatable bonds is 6. The molecule has 3 aromatic rings. The van der Waals surface area contributed by atoms with Gasteiger partial charge in [-0.25, -0.2) is 4.98 Å². The van der Waals surface area contributed by atoms with Crippen LogP contribution in [0.1, 0.15) is 42.0 Å². The lowest BCUT2D eigenvalue weighted by Gasteiger charge is -2.20. The van der Waals surface area contributed by atoms with Crippen molar-refractivity contribution >= 4 is 21.8 Å². The Morgan fingerprint density at radius 3 is 2.46 bits per heavy atom. The van der Waals surface area contributed by atoms with E-state index in [0.29, 0.717) is 0 Å². The molecular formula is C21H20BrN3O3. The zero-order valence-corrected chi connectivity index (χ0v) is 16.8. The lowest BCUT2D eigenvalue weighted by atomic mass is 9.89. The Morgan fingerprint density at radius 1 is 1.14 bits per heavy atom. The first-order chi connectivity index (χ1) is 13.5. The van der Waals surface area contributed by atoms with E-state index in [2.05, 4.69) is 31.2 Å². The summed E-state index contributed by atoms with van der Waals surface area (Å²) < 4.78 is 0.876. The van der Waals surface area contributed by atoms with Gasteiger partial charge in [0.05, 0.1) is 17.9 Å². The smallest absolute Gasteiger partial charge is 0.258 e. The lowest BCUT2D eigenvalue weighted by Crippen LogP contribution is -2.29. The number of aromatic amines is 1. The van der Waals surface area contributed by atoms with Crippen molar-refractivity contribution < 1.29 is 9.90 Å². The second-order valence-corrected chi connectivity index (χ2v) is 7.39. The number of hydrogen-bond acceptors (Lipinski definition) is 4. The molecular weight excluding hydrogens is 422 g/mol. The van der Waals surface area contributed by atoms with Gasteiger partial charge >= 0.3 is 0 Å². The highest BCUT2D eigenvalue weighted by molar-refractivity contribution is 9.10. The molecule has 1 unspecified atom stereocenters. The first kappa shape index (κ1) is 19.8. The van der Waals surface area contributed by atoms with Gasteiger partial charge in [-0.1, -0.05) is 58.4 Å². The maximum absolute atomic E-state index is 12.7. The third-order valence-electron chi connectivity index (χ3n) is 4.56. The Morgan fingerprint density at radius 2 is 1.82 bits per heavy atom. The molecule has 0 aliphatic rings. The van der Waals surface area contributed by atoms with E-state index >= 15 is 0 Å².